The normalized spacial score (nSPS) is 13.8. The van der Waals surface area contributed by atoms with Crippen molar-refractivity contribution in [2.45, 2.75) is 32.8 Å². The van der Waals surface area contributed by atoms with Crippen LogP contribution in [-0.2, 0) is 14.3 Å². The standard InChI is InChI=1S/C16H24ClNO3/c1-5-12(2)10-21-11-18(16(19)15(17)20-4)14-9-7-6-8-13(14)3/h6-9,12,15H,5,10-11H2,1-4H3. The Morgan fingerprint density at radius 3 is 2.62 bits per heavy atom. The third-order valence-corrected chi connectivity index (χ3v) is 3.76. The van der Waals surface area contributed by atoms with Crippen LogP contribution in [0.5, 0.6) is 0 Å². The topological polar surface area (TPSA) is 38.8 Å². The Morgan fingerprint density at radius 1 is 1.38 bits per heavy atom. The molecule has 0 saturated heterocycles. The lowest BCUT2D eigenvalue weighted by Crippen LogP contribution is -2.40. The van der Waals surface area contributed by atoms with Gasteiger partial charge >= 0.3 is 0 Å². The first-order valence-electron chi connectivity index (χ1n) is 7.12. The molecule has 0 N–H and O–H groups in total. The van der Waals surface area contributed by atoms with Gasteiger partial charge < -0.3 is 9.47 Å². The Labute approximate surface area is 132 Å². The highest BCUT2D eigenvalue weighted by Crippen LogP contribution is 2.21. The molecule has 0 aliphatic rings. The van der Waals surface area contributed by atoms with Crippen molar-refractivity contribution in [3.63, 3.8) is 0 Å². The fourth-order valence-electron chi connectivity index (χ4n) is 1.80. The number of carbonyl (C=O) groups is 1. The summed E-state index contributed by atoms with van der Waals surface area (Å²) in [6, 6.07) is 7.63. The van der Waals surface area contributed by atoms with Crippen molar-refractivity contribution in [2.75, 3.05) is 25.3 Å². The van der Waals surface area contributed by atoms with E-state index in [2.05, 4.69) is 13.8 Å². The highest BCUT2D eigenvalue weighted by molar-refractivity contribution is 6.31. The van der Waals surface area contributed by atoms with E-state index in [1.54, 1.807) is 0 Å². The van der Waals surface area contributed by atoms with Crippen LogP contribution in [0.3, 0.4) is 0 Å². The number of benzene rings is 1. The van der Waals surface area contributed by atoms with Crippen LogP contribution >= 0.6 is 11.6 Å². The van der Waals surface area contributed by atoms with Gasteiger partial charge in [-0.1, -0.05) is 50.1 Å². The zero-order chi connectivity index (χ0) is 15.8. The van der Waals surface area contributed by atoms with Gasteiger partial charge in [-0.25, -0.2) is 0 Å². The first-order valence-corrected chi connectivity index (χ1v) is 7.56. The maximum absolute atomic E-state index is 12.4. The molecular weight excluding hydrogens is 290 g/mol. The van der Waals surface area contributed by atoms with Gasteiger partial charge in [-0.3, -0.25) is 9.69 Å². The van der Waals surface area contributed by atoms with Gasteiger partial charge in [0.15, 0.2) is 0 Å². The summed E-state index contributed by atoms with van der Waals surface area (Å²) in [6.07, 6.45) is 1.04. The zero-order valence-electron chi connectivity index (χ0n) is 13.1. The lowest BCUT2D eigenvalue weighted by Gasteiger charge is -2.26. The van der Waals surface area contributed by atoms with Crippen molar-refractivity contribution in [1.82, 2.24) is 0 Å². The maximum Gasteiger partial charge on any atom is 0.273 e. The first kappa shape index (κ1) is 18.0. The molecule has 118 valence electrons. The molecule has 21 heavy (non-hydrogen) atoms. The molecule has 0 spiro atoms. The summed E-state index contributed by atoms with van der Waals surface area (Å²) in [5, 5.41) is 0. The molecule has 0 radical (unpaired) electrons. The van der Waals surface area contributed by atoms with Crippen LogP contribution < -0.4 is 4.90 Å². The molecule has 2 atom stereocenters. The molecule has 0 saturated carbocycles. The predicted molar refractivity (Wildman–Crippen MR) is 85.6 cm³/mol. The Hall–Kier alpha value is -1.10. The van der Waals surface area contributed by atoms with Crippen molar-refractivity contribution in [1.29, 1.82) is 0 Å². The summed E-state index contributed by atoms with van der Waals surface area (Å²) in [5.41, 5.74) is 0.754. The molecule has 0 aromatic heterocycles. The van der Waals surface area contributed by atoms with Crippen LogP contribution in [0.2, 0.25) is 0 Å². The summed E-state index contributed by atoms with van der Waals surface area (Å²) in [7, 11) is 1.41. The smallest absolute Gasteiger partial charge is 0.273 e. The number of aryl methyl sites for hydroxylation is 1. The minimum Gasteiger partial charge on any atom is -0.360 e. The van der Waals surface area contributed by atoms with Crippen LogP contribution in [0.1, 0.15) is 25.8 Å². The van der Waals surface area contributed by atoms with E-state index >= 15 is 0 Å². The van der Waals surface area contributed by atoms with Crippen LogP contribution in [0, 0.1) is 12.8 Å². The summed E-state index contributed by atoms with van der Waals surface area (Å²) in [4.78, 5) is 13.9. The molecule has 0 heterocycles. The lowest BCUT2D eigenvalue weighted by molar-refractivity contribution is -0.125. The van der Waals surface area contributed by atoms with Crippen molar-refractivity contribution in [3.05, 3.63) is 29.8 Å². The molecule has 1 aromatic carbocycles. The van der Waals surface area contributed by atoms with E-state index in [1.807, 2.05) is 31.2 Å². The fraction of sp³-hybridized carbons (Fsp3) is 0.562. The van der Waals surface area contributed by atoms with E-state index < -0.39 is 5.56 Å². The molecule has 0 aliphatic carbocycles. The third-order valence-electron chi connectivity index (χ3n) is 3.39. The van der Waals surface area contributed by atoms with Crippen LogP contribution in [0.15, 0.2) is 24.3 Å². The number of rotatable bonds is 8. The zero-order valence-corrected chi connectivity index (χ0v) is 13.9. The van der Waals surface area contributed by atoms with Crippen molar-refractivity contribution < 1.29 is 14.3 Å². The molecule has 2 unspecified atom stereocenters. The Morgan fingerprint density at radius 2 is 2.05 bits per heavy atom. The van der Waals surface area contributed by atoms with Gasteiger partial charge in [0, 0.05) is 12.8 Å². The van der Waals surface area contributed by atoms with Gasteiger partial charge in [-0.2, -0.15) is 0 Å². The van der Waals surface area contributed by atoms with Crippen LogP contribution in [0.25, 0.3) is 0 Å². The largest absolute Gasteiger partial charge is 0.360 e. The number of hydrogen-bond donors (Lipinski definition) is 0. The molecule has 4 nitrogen and oxygen atoms in total. The summed E-state index contributed by atoms with van der Waals surface area (Å²) < 4.78 is 10.6. The van der Waals surface area contributed by atoms with E-state index in [0.29, 0.717) is 12.5 Å². The minimum absolute atomic E-state index is 0.167. The lowest BCUT2D eigenvalue weighted by atomic mass is 10.1. The molecule has 1 amide bonds. The van der Waals surface area contributed by atoms with E-state index in [-0.39, 0.29) is 12.6 Å². The van der Waals surface area contributed by atoms with Crippen molar-refractivity contribution in [3.8, 4) is 0 Å². The highest BCUT2D eigenvalue weighted by atomic mass is 35.5. The SMILES string of the molecule is CCC(C)COCN(C(=O)C(Cl)OC)c1ccccc1C. The molecule has 5 heteroatoms. The number of para-hydroxylation sites is 1. The average molecular weight is 314 g/mol. The van der Waals surface area contributed by atoms with Crippen molar-refractivity contribution >= 4 is 23.2 Å². The number of amides is 1. The minimum atomic E-state index is -1.02. The molecule has 0 aliphatic heterocycles. The number of alkyl halides is 1. The Kier molecular flexibility index (Phi) is 7.72. The summed E-state index contributed by atoms with van der Waals surface area (Å²) in [6.45, 7) is 6.93. The van der Waals surface area contributed by atoms with Gasteiger partial charge in [0.2, 0.25) is 5.56 Å². The van der Waals surface area contributed by atoms with Gasteiger partial charge in [0.25, 0.3) is 5.91 Å². The number of methoxy groups -OCH3 is 1. The molecule has 0 bridgehead atoms. The van der Waals surface area contributed by atoms with E-state index in [1.165, 1.54) is 12.0 Å². The van der Waals surface area contributed by atoms with E-state index in [9.17, 15) is 4.79 Å². The number of hydrogen-bond acceptors (Lipinski definition) is 3. The van der Waals surface area contributed by atoms with Gasteiger partial charge in [0.05, 0.1) is 6.61 Å². The molecule has 0 fully saturated rings. The monoisotopic (exact) mass is 313 g/mol. The molecule has 1 rings (SSSR count). The second-order valence-corrected chi connectivity index (χ2v) is 5.51. The van der Waals surface area contributed by atoms with Crippen LogP contribution in [0.4, 0.5) is 5.69 Å². The summed E-state index contributed by atoms with van der Waals surface area (Å²) >= 11 is 5.91. The summed E-state index contributed by atoms with van der Waals surface area (Å²) in [5.74, 6) is 0.130. The maximum atomic E-state index is 12.4. The number of carbonyl (C=O) groups excluding carboxylic acids is 1. The third kappa shape index (κ3) is 5.30. The number of halogens is 1. The second-order valence-electron chi connectivity index (χ2n) is 5.12. The average Bonchev–Trinajstić information content (AvgIpc) is 2.50. The number of ether oxygens (including phenoxy) is 2. The van der Waals surface area contributed by atoms with Crippen molar-refractivity contribution in [2.24, 2.45) is 5.92 Å². The van der Waals surface area contributed by atoms with E-state index in [0.717, 1.165) is 17.7 Å². The van der Waals surface area contributed by atoms with Gasteiger partial charge in [0.1, 0.15) is 6.73 Å². The number of anilines is 1. The molecule has 1 aromatic rings. The quantitative estimate of drug-likeness (QED) is 0.544. The Bertz CT molecular complexity index is 453. The first-order chi connectivity index (χ1) is 10.0. The highest BCUT2D eigenvalue weighted by Gasteiger charge is 2.24. The fourth-order valence-corrected chi connectivity index (χ4v) is 1.92. The van der Waals surface area contributed by atoms with Gasteiger partial charge in [-0.05, 0) is 24.5 Å². The molecular formula is C16H24ClNO3. The Balaban J connectivity index is 2.85. The van der Waals surface area contributed by atoms with Crippen LogP contribution in [-0.4, -0.2) is 31.9 Å². The predicted octanol–water partition coefficient (Wildman–Crippen LogP) is 3.56. The van der Waals surface area contributed by atoms with E-state index in [4.69, 9.17) is 21.1 Å². The number of nitrogens with zero attached hydrogens (tertiary/aromatic N) is 1. The van der Waals surface area contributed by atoms with Gasteiger partial charge in [-0.15, -0.1) is 0 Å². The second kappa shape index (κ2) is 9.03.